The molecule has 2 aliphatic rings. The van der Waals surface area contributed by atoms with Crippen LogP contribution in [-0.2, 0) is 6.54 Å². The standard InChI is InChI=1S/C14H21ClN4/c15-13-9-17-14(7-11(13)8-16)19-6-3-12(10-19)18-4-1-2-5-18/h7,9,12H,1-6,8,10,16H2. The van der Waals surface area contributed by atoms with E-state index in [1.54, 1.807) is 6.20 Å². The van der Waals surface area contributed by atoms with E-state index in [0.29, 0.717) is 17.6 Å². The molecule has 0 aliphatic carbocycles. The van der Waals surface area contributed by atoms with E-state index in [1.165, 1.54) is 32.4 Å². The zero-order valence-electron chi connectivity index (χ0n) is 11.2. The number of pyridine rings is 1. The highest BCUT2D eigenvalue weighted by Crippen LogP contribution is 2.26. The van der Waals surface area contributed by atoms with Crippen LogP contribution in [0, 0.1) is 0 Å². The Balaban J connectivity index is 1.70. The molecule has 2 fully saturated rings. The molecule has 2 N–H and O–H groups in total. The van der Waals surface area contributed by atoms with Gasteiger partial charge in [-0.25, -0.2) is 4.98 Å². The summed E-state index contributed by atoms with van der Waals surface area (Å²) in [5.41, 5.74) is 6.69. The van der Waals surface area contributed by atoms with Crippen molar-refractivity contribution in [1.29, 1.82) is 0 Å². The molecule has 4 nitrogen and oxygen atoms in total. The van der Waals surface area contributed by atoms with Crippen molar-refractivity contribution in [2.45, 2.75) is 31.8 Å². The van der Waals surface area contributed by atoms with Crippen molar-refractivity contribution in [3.63, 3.8) is 0 Å². The third kappa shape index (κ3) is 2.71. The summed E-state index contributed by atoms with van der Waals surface area (Å²) in [5.74, 6) is 1.02. The van der Waals surface area contributed by atoms with Crippen LogP contribution in [0.15, 0.2) is 12.3 Å². The minimum absolute atomic E-state index is 0.470. The average Bonchev–Trinajstić information content (AvgIpc) is 3.10. The third-order valence-electron chi connectivity index (χ3n) is 4.28. The second-order valence-corrected chi connectivity index (χ2v) is 5.88. The molecule has 3 rings (SSSR count). The monoisotopic (exact) mass is 280 g/mol. The molecule has 19 heavy (non-hydrogen) atoms. The first-order valence-corrected chi connectivity index (χ1v) is 7.49. The van der Waals surface area contributed by atoms with Gasteiger partial charge in [0.05, 0.1) is 5.02 Å². The molecule has 0 bridgehead atoms. The summed E-state index contributed by atoms with van der Waals surface area (Å²) in [6, 6.07) is 2.73. The summed E-state index contributed by atoms with van der Waals surface area (Å²) < 4.78 is 0. The van der Waals surface area contributed by atoms with E-state index in [0.717, 1.165) is 24.5 Å². The molecule has 1 atom stereocenters. The van der Waals surface area contributed by atoms with E-state index in [9.17, 15) is 0 Å². The van der Waals surface area contributed by atoms with Gasteiger partial charge in [0.25, 0.3) is 0 Å². The van der Waals surface area contributed by atoms with Crippen LogP contribution < -0.4 is 10.6 Å². The van der Waals surface area contributed by atoms with E-state index in [-0.39, 0.29) is 0 Å². The van der Waals surface area contributed by atoms with E-state index in [1.807, 2.05) is 6.07 Å². The van der Waals surface area contributed by atoms with Crippen LogP contribution in [0.5, 0.6) is 0 Å². The Hall–Kier alpha value is -0.840. The van der Waals surface area contributed by atoms with Crippen molar-refractivity contribution >= 4 is 17.4 Å². The fraction of sp³-hybridized carbons (Fsp3) is 0.643. The van der Waals surface area contributed by atoms with Crippen molar-refractivity contribution in [3.05, 3.63) is 22.8 Å². The van der Waals surface area contributed by atoms with E-state index in [2.05, 4.69) is 14.8 Å². The highest BCUT2D eigenvalue weighted by Gasteiger charge is 2.29. The average molecular weight is 281 g/mol. The molecule has 0 saturated carbocycles. The van der Waals surface area contributed by atoms with E-state index in [4.69, 9.17) is 17.3 Å². The molecular formula is C14H21ClN4. The molecule has 1 aromatic heterocycles. The van der Waals surface area contributed by atoms with E-state index >= 15 is 0 Å². The summed E-state index contributed by atoms with van der Waals surface area (Å²) >= 11 is 6.07. The first-order chi connectivity index (χ1) is 9.28. The summed E-state index contributed by atoms with van der Waals surface area (Å²) in [7, 11) is 0. The molecule has 2 aliphatic heterocycles. The minimum atomic E-state index is 0.470. The molecule has 104 valence electrons. The molecule has 1 unspecified atom stereocenters. The van der Waals surface area contributed by atoms with Crippen molar-refractivity contribution in [3.8, 4) is 0 Å². The number of hydrogen-bond acceptors (Lipinski definition) is 4. The SMILES string of the molecule is NCc1cc(N2CCC(N3CCCC3)C2)ncc1Cl. The molecule has 0 amide bonds. The van der Waals surface area contributed by atoms with Crippen molar-refractivity contribution in [2.24, 2.45) is 5.73 Å². The quantitative estimate of drug-likeness (QED) is 0.918. The molecule has 0 spiro atoms. The van der Waals surface area contributed by atoms with Gasteiger partial charge in [0.2, 0.25) is 0 Å². The topological polar surface area (TPSA) is 45.4 Å². The highest BCUT2D eigenvalue weighted by molar-refractivity contribution is 6.31. The molecule has 1 aromatic rings. The normalized spacial score (nSPS) is 24.3. The van der Waals surface area contributed by atoms with Crippen LogP contribution in [-0.4, -0.2) is 42.1 Å². The fourth-order valence-electron chi connectivity index (χ4n) is 3.15. The Morgan fingerprint density at radius 2 is 2.11 bits per heavy atom. The summed E-state index contributed by atoms with van der Waals surface area (Å²) in [4.78, 5) is 9.43. The lowest BCUT2D eigenvalue weighted by Crippen LogP contribution is -2.35. The fourth-order valence-corrected chi connectivity index (χ4v) is 3.33. The van der Waals surface area contributed by atoms with Crippen LogP contribution in [0.1, 0.15) is 24.8 Å². The summed E-state index contributed by atoms with van der Waals surface area (Å²) in [6.45, 7) is 5.16. The zero-order valence-corrected chi connectivity index (χ0v) is 11.9. The first-order valence-electron chi connectivity index (χ1n) is 7.11. The number of likely N-dealkylation sites (tertiary alicyclic amines) is 1. The zero-order chi connectivity index (χ0) is 13.2. The smallest absolute Gasteiger partial charge is 0.128 e. The van der Waals surface area contributed by atoms with Gasteiger partial charge in [-0.05, 0) is 44.0 Å². The van der Waals surface area contributed by atoms with Gasteiger partial charge in [-0.3, -0.25) is 4.90 Å². The van der Waals surface area contributed by atoms with Crippen LogP contribution in [0.3, 0.4) is 0 Å². The Morgan fingerprint density at radius 1 is 1.32 bits per heavy atom. The lowest BCUT2D eigenvalue weighted by atomic mass is 10.2. The van der Waals surface area contributed by atoms with Crippen LogP contribution in [0.2, 0.25) is 5.02 Å². The summed E-state index contributed by atoms with van der Waals surface area (Å²) in [5, 5.41) is 0.668. The second kappa shape index (κ2) is 5.65. The highest BCUT2D eigenvalue weighted by atomic mass is 35.5. The first kappa shape index (κ1) is 13.2. The van der Waals surface area contributed by atoms with Gasteiger partial charge < -0.3 is 10.6 Å². The van der Waals surface area contributed by atoms with Crippen molar-refractivity contribution < 1.29 is 0 Å². The predicted molar refractivity (Wildman–Crippen MR) is 78.6 cm³/mol. The predicted octanol–water partition coefficient (Wildman–Crippen LogP) is 1.87. The third-order valence-corrected chi connectivity index (χ3v) is 4.62. The number of halogens is 1. The largest absolute Gasteiger partial charge is 0.355 e. The number of rotatable bonds is 3. The Bertz CT molecular complexity index is 445. The number of anilines is 1. The van der Waals surface area contributed by atoms with Gasteiger partial charge in [0.1, 0.15) is 5.82 Å². The number of hydrogen-bond donors (Lipinski definition) is 1. The van der Waals surface area contributed by atoms with Gasteiger partial charge in [0.15, 0.2) is 0 Å². The lowest BCUT2D eigenvalue weighted by Gasteiger charge is -2.24. The van der Waals surface area contributed by atoms with E-state index < -0.39 is 0 Å². The van der Waals surface area contributed by atoms with Gasteiger partial charge in [-0.2, -0.15) is 0 Å². The van der Waals surface area contributed by atoms with Crippen LogP contribution >= 0.6 is 11.6 Å². The maximum absolute atomic E-state index is 6.07. The number of nitrogens with zero attached hydrogens (tertiary/aromatic N) is 3. The van der Waals surface area contributed by atoms with Gasteiger partial charge in [-0.1, -0.05) is 11.6 Å². The second-order valence-electron chi connectivity index (χ2n) is 5.47. The number of aromatic nitrogens is 1. The van der Waals surface area contributed by atoms with Gasteiger partial charge in [0, 0.05) is 31.9 Å². The molecule has 5 heteroatoms. The van der Waals surface area contributed by atoms with Crippen molar-refractivity contribution in [1.82, 2.24) is 9.88 Å². The lowest BCUT2D eigenvalue weighted by molar-refractivity contribution is 0.260. The molecular weight excluding hydrogens is 260 g/mol. The Kier molecular flexibility index (Phi) is 3.91. The summed E-state index contributed by atoms with van der Waals surface area (Å²) in [6.07, 6.45) is 5.67. The Morgan fingerprint density at radius 3 is 2.84 bits per heavy atom. The molecule has 3 heterocycles. The molecule has 0 aromatic carbocycles. The molecule has 2 saturated heterocycles. The van der Waals surface area contributed by atoms with Crippen molar-refractivity contribution in [2.75, 3.05) is 31.1 Å². The maximum Gasteiger partial charge on any atom is 0.128 e. The maximum atomic E-state index is 6.07. The minimum Gasteiger partial charge on any atom is -0.355 e. The van der Waals surface area contributed by atoms with Gasteiger partial charge in [-0.15, -0.1) is 0 Å². The molecule has 0 radical (unpaired) electrons. The van der Waals surface area contributed by atoms with Gasteiger partial charge >= 0.3 is 0 Å². The van der Waals surface area contributed by atoms with Crippen LogP contribution in [0.25, 0.3) is 0 Å². The van der Waals surface area contributed by atoms with Crippen LogP contribution in [0.4, 0.5) is 5.82 Å². The number of nitrogens with two attached hydrogens (primary N) is 1. The Labute approximate surface area is 119 Å².